The molecule has 0 unspecified atom stereocenters. The van der Waals surface area contributed by atoms with Gasteiger partial charge in [-0.1, -0.05) is 24.4 Å². The van der Waals surface area contributed by atoms with E-state index in [1.165, 1.54) is 25.1 Å². The molecular formula is C12H17ClFN3. The normalized spacial score (nSPS) is 16.4. The Morgan fingerprint density at radius 3 is 2.76 bits per heavy atom. The molecule has 1 aromatic heterocycles. The third kappa shape index (κ3) is 2.87. The largest absolute Gasteiger partial charge is 0.350 e. The van der Waals surface area contributed by atoms with Crippen LogP contribution in [0.3, 0.4) is 0 Å². The lowest BCUT2D eigenvalue weighted by Gasteiger charge is -2.29. The van der Waals surface area contributed by atoms with Crippen molar-refractivity contribution in [3.63, 3.8) is 0 Å². The molecule has 2 rings (SSSR count). The Labute approximate surface area is 106 Å². The minimum absolute atomic E-state index is 0.324. The summed E-state index contributed by atoms with van der Waals surface area (Å²) in [5.41, 5.74) is 5.60. The number of nitrogens with two attached hydrogens (primary N) is 1. The number of halogens is 2. The lowest BCUT2D eigenvalue weighted by molar-refractivity contribution is 0.562. The van der Waals surface area contributed by atoms with E-state index in [1.54, 1.807) is 0 Å². The highest BCUT2D eigenvalue weighted by molar-refractivity contribution is 6.30. The molecule has 0 aromatic carbocycles. The van der Waals surface area contributed by atoms with Gasteiger partial charge in [-0.25, -0.2) is 9.37 Å². The fraction of sp³-hybridized carbons (Fsp3) is 0.583. The Morgan fingerprint density at radius 2 is 2.18 bits per heavy atom. The number of hydrogen-bond acceptors (Lipinski definition) is 3. The van der Waals surface area contributed by atoms with Crippen molar-refractivity contribution in [2.24, 2.45) is 5.73 Å². The maximum absolute atomic E-state index is 13.8. The van der Waals surface area contributed by atoms with Gasteiger partial charge in [-0.05, 0) is 18.9 Å². The molecule has 0 spiro atoms. The summed E-state index contributed by atoms with van der Waals surface area (Å²) in [6.07, 6.45) is 6.05. The molecule has 1 fully saturated rings. The van der Waals surface area contributed by atoms with Gasteiger partial charge < -0.3 is 10.6 Å². The molecule has 3 nitrogen and oxygen atoms in total. The van der Waals surface area contributed by atoms with Crippen LogP contribution in [0.4, 0.5) is 10.2 Å². The zero-order valence-electron chi connectivity index (χ0n) is 9.70. The Balaban J connectivity index is 2.24. The van der Waals surface area contributed by atoms with E-state index in [1.807, 2.05) is 4.90 Å². The van der Waals surface area contributed by atoms with Crippen LogP contribution in [0.2, 0.25) is 5.02 Å². The van der Waals surface area contributed by atoms with E-state index in [-0.39, 0.29) is 5.82 Å². The predicted octanol–water partition coefficient (Wildman–Crippen LogP) is 2.58. The van der Waals surface area contributed by atoms with Gasteiger partial charge in [0.15, 0.2) is 11.6 Å². The van der Waals surface area contributed by atoms with Crippen LogP contribution in [0.1, 0.15) is 25.7 Å². The van der Waals surface area contributed by atoms with Crippen LogP contribution in [0.5, 0.6) is 0 Å². The molecule has 0 atom stereocenters. The third-order valence-corrected chi connectivity index (χ3v) is 3.40. The topological polar surface area (TPSA) is 42.1 Å². The van der Waals surface area contributed by atoms with Crippen molar-refractivity contribution in [1.82, 2.24) is 4.98 Å². The smallest absolute Gasteiger partial charge is 0.167 e. The molecule has 1 saturated carbocycles. The second kappa shape index (κ2) is 5.65. The van der Waals surface area contributed by atoms with Gasteiger partial charge in [0, 0.05) is 25.3 Å². The number of aromatic nitrogens is 1. The van der Waals surface area contributed by atoms with Crippen LogP contribution in [-0.2, 0) is 0 Å². The fourth-order valence-corrected chi connectivity index (χ4v) is 2.58. The number of nitrogens with zero attached hydrogens (tertiary/aromatic N) is 2. The minimum Gasteiger partial charge on any atom is -0.350 e. The van der Waals surface area contributed by atoms with Gasteiger partial charge in [-0.2, -0.15) is 0 Å². The van der Waals surface area contributed by atoms with Crippen molar-refractivity contribution in [1.29, 1.82) is 0 Å². The molecule has 0 amide bonds. The predicted molar refractivity (Wildman–Crippen MR) is 67.9 cm³/mol. The van der Waals surface area contributed by atoms with E-state index in [0.717, 1.165) is 12.8 Å². The van der Waals surface area contributed by atoms with E-state index in [0.29, 0.717) is 30.0 Å². The summed E-state index contributed by atoms with van der Waals surface area (Å²) < 4.78 is 13.8. The van der Waals surface area contributed by atoms with Crippen molar-refractivity contribution in [2.75, 3.05) is 18.0 Å². The molecular weight excluding hydrogens is 241 g/mol. The number of anilines is 1. The first kappa shape index (κ1) is 12.6. The van der Waals surface area contributed by atoms with E-state index in [4.69, 9.17) is 17.3 Å². The molecule has 5 heteroatoms. The zero-order chi connectivity index (χ0) is 12.3. The van der Waals surface area contributed by atoms with E-state index in [2.05, 4.69) is 4.98 Å². The van der Waals surface area contributed by atoms with Gasteiger partial charge in [0.1, 0.15) is 0 Å². The number of rotatable bonds is 4. The molecule has 94 valence electrons. The van der Waals surface area contributed by atoms with Gasteiger partial charge in [-0.3, -0.25) is 0 Å². The number of hydrogen-bond donors (Lipinski definition) is 1. The summed E-state index contributed by atoms with van der Waals surface area (Å²) in [6, 6.07) is 1.67. The van der Waals surface area contributed by atoms with Crippen molar-refractivity contribution in [3.8, 4) is 0 Å². The highest BCUT2D eigenvalue weighted by Crippen LogP contribution is 2.29. The van der Waals surface area contributed by atoms with Crippen LogP contribution in [0, 0.1) is 5.82 Å². The lowest BCUT2D eigenvalue weighted by atomic mass is 10.2. The molecule has 2 N–H and O–H groups in total. The van der Waals surface area contributed by atoms with E-state index >= 15 is 0 Å². The summed E-state index contributed by atoms with van der Waals surface area (Å²) in [7, 11) is 0. The van der Waals surface area contributed by atoms with Crippen molar-refractivity contribution in [3.05, 3.63) is 23.1 Å². The molecule has 0 aliphatic heterocycles. The van der Waals surface area contributed by atoms with Gasteiger partial charge >= 0.3 is 0 Å². The average Bonchev–Trinajstić information content (AvgIpc) is 2.80. The molecule has 1 aliphatic rings. The van der Waals surface area contributed by atoms with Crippen LogP contribution >= 0.6 is 11.6 Å². The highest BCUT2D eigenvalue weighted by atomic mass is 35.5. The summed E-state index contributed by atoms with van der Waals surface area (Å²) >= 11 is 5.71. The number of pyridine rings is 1. The second-order valence-electron chi connectivity index (χ2n) is 4.38. The van der Waals surface area contributed by atoms with Crippen molar-refractivity contribution < 1.29 is 4.39 Å². The summed E-state index contributed by atoms with van der Waals surface area (Å²) in [5, 5.41) is 0.324. The summed E-state index contributed by atoms with van der Waals surface area (Å²) in [6.45, 7) is 1.14. The quantitative estimate of drug-likeness (QED) is 0.902. The Morgan fingerprint density at radius 1 is 1.47 bits per heavy atom. The first-order chi connectivity index (χ1) is 8.22. The summed E-state index contributed by atoms with van der Waals surface area (Å²) in [4.78, 5) is 6.09. The average molecular weight is 258 g/mol. The van der Waals surface area contributed by atoms with Gasteiger partial charge in [0.05, 0.1) is 5.02 Å². The van der Waals surface area contributed by atoms with Gasteiger partial charge in [0.2, 0.25) is 0 Å². The van der Waals surface area contributed by atoms with E-state index in [9.17, 15) is 4.39 Å². The third-order valence-electron chi connectivity index (χ3n) is 3.20. The van der Waals surface area contributed by atoms with Gasteiger partial charge in [0.25, 0.3) is 0 Å². The van der Waals surface area contributed by atoms with E-state index < -0.39 is 0 Å². The molecule has 17 heavy (non-hydrogen) atoms. The monoisotopic (exact) mass is 257 g/mol. The lowest BCUT2D eigenvalue weighted by Crippen LogP contribution is -2.38. The molecule has 1 heterocycles. The molecule has 1 aromatic rings. The SMILES string of the molecule is NCCN(c1ncc(Cl)cc1F)C1CCCC1. The molecule has 0 radical (unpaired) electrons. The van der Waals surface area contributed by atoms with Crippen LogP contribution in [-0.4, -0.2) is 24.1 Å². The Kier molecular flexibility index (Phi) is 4.18. The maximum Gasteiger partial charge on any atom is 0.167 e. The molecule has 0 bridgehead atoms. The Bertz CT molecular complexity index is 380. The van der Waals surface area contributed by atoms with Gasteiger partial charge in [-0.15, -0.1) is 0 Å². The fourth-order valence-electron chi connectivity index (χ4n) is 2.44. The second-order valence-corrected chi connectivity index (χ2v) is 4.82. The standard InChI is InChI=1S/C12H17ClFN3/c13-9-7-11(14)12(16-8-9)17(6-5-15)10-3-1-2-4-10/h7-8,10H,1-6,15H2. The van der Waals surface area contributed by atoms with Crippen LogP contribution in [0.15, 0.2) is 12.3 Å². The first-order valence-corrected chi connectivity index (χ1v) is 6.38. The maximum atomic E-state index is 13.8. The molecule has 1 aliphatic carbocycles. The highest BCUT2D eigenvalue weighted by Gasteiger charge is 2.25. The van der Waals surface area contributed by atoms with Crippen LogP contribution in [0.25, 0.3) is 0 Å². The van der Waals surface area contributed by atoms with Crippen molar-refractivity contribution in [2.45, 2.75) is 31.7 Å². The Hall–Kier alpha value is -0.870. The minimum atomic E-state index is -0.363. The van der Waals surface area contributed by atoms with Crippen LogP contribution < -0.4 is 10.6 Å². The molecule has 0 saturated heterocycles. The first-order valence-electron chi connectivity index (χ1n) is 6.00. The zero-order valence-corrected chi connectivity index (χ0v) is 10.5. The van der Waals surface area contributed by atoms with Crippen molar-refractivity contribution >= 4 is 17.4 Å². The summed E-state index contributed by atoms with van der Waals surface area (Å²) in [5.74, 6) is 0.0181.